The molecule has 0 saturated heterocycles. The highest BCUT2D eigenvalue weighted by molar-refractivity contribution is 5.88. The van der Waals surface area contributed by atoms with Gasteiger partial charge in [-0.2, -0.15) is 10.1 Å². The van der Waals surface area contributed by atoms with Gasteiger partial charge in [0.05, 0.1) is 12.8 Å². The van der Waals surface area contributed by atoms with Crippen molar-refractivity contribution in [3.8, 4) is 16.9 Å². The number of rotatable bonds is 6. The van der Waals surface area contributed by atoms with Gasteiger partial charge in [0.1, 0.15) is 18.1 Å². The molecule has 0 aliphatic carbocycles. The molecule has 148 valence electrons. The predicted octanol–water partition coefficient (Wildman–Crippen LogP) is 3.08. The van der Waals surface area contributed by atoms with Gasteiger partial charge in [0, 0.05) is 23.5 Å². The van der Waals surface area contributed by atoms with Crippen molar-refractivity contribution in [3.05, 3.63) is 60.3 Å². The van der Waals surface area contributed by atoms with Crippen LogP contribution in [0.4, 0.5) is 10.3 Å². The number of aryl methyl sites for hydroxylation is 1. The molecule has 0 aliphatic heterocycles. The van der Waals surface area contributed by atoms with Gasteiger partial charge < -0.3 is 4.74 Å². The highest BCUT2D eigenvalue weighted by atomic mass is 19.1. The Morgan fingerprint density at radius 3 is 2.86 bits per heavy atom. The number of hydrogen-bond acceptors (Lipinski definition) is 5. The minimum Gasteiger partial charge on any atom is -0.494 e. The summed E-state index contributed by atoms with van der Waals surface area (Å²) in [4.78, 5) is 16.5. The number of pyridine rings is 1. The summed E-state index contributed by atoms with van der Waals surface area (Å²) < 4.78 is 22.8. The Balaban J connectivity index is 1.56. The summed E-state index contributed by atoms with van der Waals surface area (Å²) in [6.07, 6.45) is 5.11. The first kappa shape index (κ1) is 18.6. The molecule has 9 heteroatoms. The molecule has 0 saturated carbocycles. The molecule has 8 nitrogen and oxygen atoms in total. The maximum Gasteiger partial charge on any atom is 0.249 e. The third-order valence-electron chi connectivity index (χ3n) is 4.21. The van der Waals surface area contributed by atoms with Crippen LogP contribution in [0.5, 0.6) is 5.75 Å². The van der Waals surface area contributed by atoms with E-state index in [-0.39, 0.29) is 24.2 Å². The number of carbonyl (C=O) groups excluding carboxylic acids is 1. The van der Waals surface area contributed by atoms with Gasteiger partial charge in [0.25, 0.3) is 0 Å². The predicted molar refractivity (Wildman–Crippen MR) is 105 cm³/mol. The zero-order valence-corrected chi connectivity index (χ0v) is 16.0. The largest absolute Gasteiger partial charge is 0.494 e. The number of carbonyl (C=O) groups is 1. The molecule has 0 unspecified atom stereocenters. The normalized spacial score (nSPS) is 11.0. The van der Waals surface area contributed by atoms with E-state index in [0.29, 0.717) is 29.1 Å². The summed E-state index contributed by atoms with van der Waals surface area (Å²) >= 11 is 0. The lowest BCUT2D eigenvalue weighted by Gasteiger charge is -2.08. The second-order valence-electron chi connectivity index (χ2n) is 6.49. The van der Waals surface area contributed by atoms with Gasteiger partial charge in [0.2, 0.25) is 11.9 Å². The van der Waals surface area contributed by atoms with Crippen LogP contribution in [0.1, 0.15) is 12.5 Å². The van der Waals surface area contributed by atoms with E-state index >= 15 is 0 Å². The molecule has 1 amide bonds. The maximum atomic E-state index is 14.3. The van der Waals surface area contributed by atoms with Crippen LogP contribution in [0.15, 0.2) is 48.9 Å². The highest BCUT2D eigenvalue weighted by Crippen LogP contribution is 2.27. The fourth-order valence-corrected chi connectivity index (χ4v) is 2.94. The molecule has 3 heterocycles. The summed E-state index contributed by atoms with van der Waals surface area (Å²) in [5, 5.41) is 11.0. The summed E-state index contributed by atoms with van der Waals surface area (Å²) in [6.45, 7) is 4.32. The zero-order valence-electron chi connectivity index (χ0n) is 16.0. The minimum absolute atomic E-state index is 0.0596. The standard InChI is InChI=1S/C20H19FN6O2/c1-3-29-15-5-6-17(21)16(8-15)14-4-7-18-23-20(25-27(18)11-14)24-19(28)12-26-10-13(2)9-22-26/h4-11H,3,12H2,1-2H3,(H,24,25,28). The molecule has 0 spiro atoms. The van der Waals surface area contributed by atoms with Crippen molar-refractivity contribution in [2.24, 2.45) is 0 Å². The molecular formula is C20H19FN6O2. The number of nitrogens with one attached hydrogen (secondary N) is 1. The lowest BCUT2D eigenvalue weighted by atomic mass is 10.1. The van der Waals surface area contributed by atoms with Gasteiger partial charge in [0.15, 0.2) is 5.65 Å². The molecule has 4 aromatic rings. The van der Waals surface area contributed by atoms with E-state index < -0.39 is 0 Å². The van der Waals surface area contributed by atoms with Gasteiger partial charge in [-0.1, -0.05) is 0 Å². The van der Waals surface area contributed by atoms with E-state index in [1.54, 1.807) is 42.9 Å². The Hall–Kier alpha value is -3.75. The molecule has 4 rings (SSSR count). The van der Waals surface area contributed by atoms with Gasteiger partial charge in [-0.05, 0) is 49.7 Å². The Morgan fingerprint density at radius 1 is 1.24 bits per heavy atom. The van der Waals surface area contributed by atoms with Crippen molar-refractivity contribution in [1.82, 2.24) is 24.4 Å². The lowest BCUT2D eigenvalue weighted by Crippen LogP contribution is -2.19. The van der Waals surface area contributed by atoms with E-state index in [4.69, 9.17) is 4.74 Å². The minimum atomic E-state index is -0.365. The number of halogens is 1. The molecule has 0 aliphatic rings. The molecule has 0 fully saturated rings. The number of hydrogen-bond donors (Lipinski definition) is 1. The topological polar surface area (TPSA) is 86.3 Å². The molecule has 0 bridgehead atoms. The number of nitrogens with zero attached hydrogens (tertiary/aromatic N) is 5. The van der Waals surface area contributed by atoms with E-state index in [2.05, 4.69) is 20.5 Å². The van der Waals surface area contributed by atoms with E-state index in [9.17, 15) is 9.18 Å². The van der Waals surface area contributed by atoms with Crippen molar-refractivity contribution >= 4 is 17.5 Å². The van der Waals surface area contributed by atoms with Crippen molar-refractivity contribution in [1.29, 1.82) is 0 Å². The quantitative estimate of drug-likeness (QED) is 0.543. The summed E-state index contributed by atoms with van der Waals surface area (Å²) in [7, 11) is 0. The van der Waals surface area contributed by atoms with Crippen LogP contribution in [0.3, 0.4) is 0 Å². The molecule has 1 aromatic carbocycles. The van der Waals surface area contributed by atoms with Crippen LogP contribution >= 0.6 is 0 Å². The third-order valence-corrected chi connectivity index (χ3v) is 4.21. The van der Waals surface area contributed by atoms with E-state index in [1.807, 2.05) is 13.8 Å². The number of ether oxygens (including phenoxy) is 1. The van der Waals surface area contributed by atoms with E-state index in [1.165, 1.54) is 15.3 Å². The fourth-order valence-electron chi connectivity index (χ4n) is 2.94. The number of amides is 1. The number of aromatic nitrogens is 5. The molecule has 3 aromatic heterocycles. The SMILES string of the molecule is CCOc1ccc(F)c(-c2ccc3nc(NC(=O)Cn4cc(C)cn4)nn3c2)c1. The maximum absolute atomic E-state index is 14.3. The van der Waals surface area contributed by atoms with Gasteiger partial charge in [-0.15, -0.1) is 5.10 Å². The average molecular weight is 394 g/mol. The third kappa shape index (κ3) is 4.08. The molecule has 29 heavy (non-hydrogen) atoms. The van der Waals surface area contributed by atoms with Crippen LogP contribution in [0.2, 0.25) is 0 Å². The summed E-state index contributed by atoms with van der Waals surface area (Å²) in [5.74, 6) is 0.0969. The smallest absolute Gasteiger partial charge is 0.249 e. The first-order valence-corrected chi connectivity index (χ1v) is 9.10. The van der Waals surface area contributed by atoms with Crippen LogP contribution in [-0.2, 0) is 11.3 Å². The van der Waals surface area contributed by atoms with Crippen molar-refractivity contribution in [2.45, 2.75) is 20.4 Å². The van der Waals surface area contributed by atoms with Crippen molar-refractivity contribution in [2.75, 3.05) is 11.9 Å². The zero-order chi connectivity index (χ0) is 20.4. The van der Waals surface area contributed by atoms with Crippen molar-refractivity contribution in [3.63, 3.8) is 0 Å². The first-order chi connectivity index (χ1) is 14.0. The molecule has 1 N–H and O–H groups in total. The summed E-state index contributed by atoms with van der Waals surface area (Å²) in [6, 6.07) is 8.06. The fraction of sp³-hybridized carbons (Fsp3) is 0.200. The van der Waals surface area contributed by atoms with E-state index in [0.717, 1.165) is 5.56 Å². The Morgan fingerprint density at radius 2 is 2.10 bits per heavy atom. The molecular weight excluding hydrogens is 375 g/mol. The highest BCUT2D eigenvalue weighted by Gasteiger charge is 2.12. The molecule has 0 atom stereocenters. The Labute approximate surface area is 165 Å². The second-order valence-corrected chi connectivity index (χ2v) is 6.49. The number of anilines is 1. The summed E-state index contributed by atoms with van der Waals surface area (Å²) in [5.41, 5.74) is 2.51. The van der Waals surface area contributed by atoms with Crippen molar-refractivity contribution < 1.29 is 13.9 Å². The van der Waals surface area contributed by atoms with Gasteiger partial charge >= 0.3 is 0 Å². The van der Waals surface area contributed by atoms with Gasteiger partial charge in [-0.25, -0.2) is 8.91 Å². The number of benzene rings is 1. The van der Waals surface area contributed by atoms with Gasteiger partial charge in [-0.3, -0.25) is 14.8 Å². The second kappa shape index (κ2) is 7.70. The first-order valence-electron chi connectivity index (χ1n) is 9.10. The van der Waals surface area contributed by atoms with Crippen LogP contribution in [0, 0.1) is 12.7 Å². The average Bonchev–Trinajstić information content (AvgIpc) is 3.27. The van der Waals surface area contributed by atoms with Crippen LogP contribution in [-0.4, -0.2) is 36.9 Å². The Kier molecular flexibility index (Phi) is 4.94. The monoisotopic (exact) mass is 394 g/mol. The lowest BCUT2D eigenvalue weighted by molar-refractivity contribution is -0.116. The molecule has 0 radical (unpaired) electrons. The number of fused-ring (bicyclic) bond motifs is 1. The Bertz CT molecular complexity index is 1180. The van der Waals surface area contributed by atoms with Crippen LogP contribution in [0.25, 0.3) is 16.8 Å². The van der Waals surface area contributed by atoms with Crippen LogP contribution < -0.4 is 10.1 Å².